The highest BCUT2D eigenvalue weighted by Gasteiger charge is 1.81. The monoisotopic (exact) mass is 222 g/mol. The third kappa shape index (κ3) is 69.2. The fourth-order valence-electron chi connectivity index (χ4n) is 0. The molecule has 0 aliphatic rings. The second-order valence-electron chi connectivity index (χ2n) is 2.24. The van der Waals surface area contributed by atoms with E-state index in [0.717, 1.165) is 0 Å². The molecule has 0 radical (unpaired) electrons. The molecule has 0 aromatic heterocycles. The van der Waals surface area contributed by atoms with E-state index in [-0.39, 0.29) is 19.3 Å². The van der Waals surface area contributed by atoms with Crippen molar-refractivity contribution >= 4 is 17.9 Å². The first kappa shape index (κ1) is 19.1. The van der Waals surface area contributed by atoms with Crippen LogP contribution < -0.4 is 0 Å². The maximum Gasteiger partial charge on any atom is 0.303 e. The van der Waals surface area contributed by atoms with Gasteiger partial charge in [-0.2, -0.15) is 0 Å². The minimum atomic E-state index is -0.745. The second-order valence-corrected chi connectivity index (χ2v) is 2.24. The standard InChI is InChI=1S/3C3H6O2/c3*1-2-3(4)5/h3*2H2,1H3,(H,4,5). The van der Waals surface area contributed by atoms with Crippen molar-refractivity contribution in [3.05, 3.63) is 0 Å². The van der Waals surface area contributed by atoms with Crippen LogP contribution in [0.2, 0.25) is 0 Å². The Morgan fingerprint density at radius 1 is 0.667 bits per heavy atom. The zero-order valence-corrected chi connectivity index (χ0v) is 9.19. The Hall–Kier alpha value is -1.59. The molecule has 15 heavy (non-hydrogen) atoms. The number of hydrogen-bond donors (Lipinski definition) is 3. The molecule has 0 aromatic rings. The lowest BCUT2D eigenvalue weighted by Gasteiger charge is -1.71. The predicted octanol–water partition coefficient (Wildman–Crippen LogP) is 1.44. The number of carbonyl (C=O) groups is 3. The van der Waals surface area contributed by atoms with Gasteiger partial charge in [0.1, 0.15) is 0 Å². The van der Waals surface area contributed by atoms with Gasteiger partial charge in [0.2, 0.25) is 0 Å². The molecule has 0 aromatic carbocycles. The summed E-state index contributed by atoms with van der Waals surface area (Å²) in [5, 5.41) is 23.2. The van der Waals surface area contributed by atoms with E-state index < -0.39 is 17.9 Å². The summed E-state index contributed by atoms with van der Waals surface area (Å²) in [5.41, 5.74) is 0. The van der Waals surface area contributed by atoms with Gasteiger partial charge in [-0.1, -0.05) is 20.8 Å². The summed E-state index contributed by atoms with van der Waals surface area (Å²) in [6.45, 7) is 4.80. The molecule has 3 N–H and O–H groups in total. The highest BCUT2D eigenvalue weighted by molar-refractivity contribution is 5.66. The summed E-state index contributed by atoms with van der Waals surface area (Å²) in [6.07, 6.45) is 0.667. The van der Waals surface area contributed by atoms with Crippen molar-refractivity contribution in [2.45, 2.75) is 40.0 Å². The Bertz CT molecular complexity index is 154. The third-order valence-corrected chi connectivity index (χ3v) is 0.907. The van der Waals surface area contributed by atoms with Crippen LogP contribution in [0.4, 0.5) is 0 Å². The molecule has 0 spiro atoms. The van der Waals surface area contributed by atoms with Gasteiger partial charge in [-0.3, -0.25) is 14.4 Å². The lowest BCUT2D eigenvalue weighted by atomic mass is 10.5. The zero-order chi connectivity index (χ0) is 12.9. The third-order valence-electron chi connectivity index (χ3n) is 0.907. The van der Waals surface area contributed by atoms with Gasteiger partial charge in [-0.15, -0.1) is 0 Å². The maximum atomic E-state index is 9.37. The van der Waals surface area contributed by atoms with E-state index in [0.29, 0.717) is 0 Å². The molecule has 0 unspecified atom stereocenters. The van der Waals surface area contributed by atoms with Gasteiger partial charge in [0.05, 0.1) is 0 Å². The van der Waals surface area contributed by atoms with Crippen LogP contribution in [0, 0.1) is 0 Å². The van der Waals surface area contributed by atoms with Gasteiger partial charge in [-0.25, -0.2) is 0 Å². The van der Waals surface area contributed by atoms with Crippen molar-refractivity contribution < 1.29 is 29.7 Å². The summed E-state index contributed by atoms with van der Waals surface area (Å²) >= 11 is 0. The molecule has 0 aliphatic heterocycles. The van der Waals surface area contributed by atoms with Crippen molar-refractivity contribution in [3.63, 3.8) is 0 Å². The first-order chi connectivity index (χ1) is 6.81. The average Bonchev–Trinajstić information content (AvgIpc) is 2.19. The molecule has 90 valence electrons. The molecule has 0 amide bonds. The molecule has 6 nitrogen and oxygen atoms in total. The van der Waals surface area contributed by atoms with Crippen molar-refractivity contribution in [2.75, 3.05) is 0 Å². The molecule has 0 heterocycles. The topological polar surface area (TPSA) is 112 Å². The van der Waals surface area contributed by atoms with E-state index in [1.165, 1.54) is 0 Å². The minimum absolute atomic E-state index is 0.222. The summed E-state index contributed by atoms with van der Waals surface area (Å²) in [7, 11) is 0. The van der Waals surface area contributed by atoms with Crippen LogP contribution in [0.15, 0.2) is 0 Å². The van der Waals surface area contributed by atoms with E-state index in [4.69, 9.17) is 15.3 Å². The van der Waals surface area contributed by atoms with Crippen molar-refractivity contribution in [1.82, 2.24) is 0 Å². The molecule has 0 saturated heterocycles. The van der Waals surface area contributed by atoms with Gasteiger partial charge in [-0.05, 0) is 0 Å². The summed E-state index contributed by atoms with van der Waals surface area (Å²) in [5.74, 6) is -2.24. The molecule has 0 saturated carbocycles. The van der Waals surface area contributed by atoms with Gasteiger partial charge >= 0.3 is 17.9 Å². The Morgan fingerprint density at radius 2 is 0.733 bits per heavy atom. The minimum Gasteiger partial charge on any atom is -0.481 e. The van der Waals surface area contributed by atoms with Crippen molar-refractivity contribution in [1.29, 1.82) is 0 Å². The SMILES string of the molecule is CCC(=O)O.CCC(=O)O.CCC(=O)O. The fraction of sp³-hybridized carbons (Fsp3) is 0.667. The van der Waals surface area contributed by atoms with E-state index >= 15 is 0 Å². The van der Waals surface area contributed by atoms with Crippen LogP contribution in [0.1, 0.15) is 40.0 Å². The van der Waals surface area contributed by atoms with Gasteiger partial charge in [0, 0.05) is 19.3 Å². The highest BCUT2D eigenvalue weighted by Crippen LogP contribution is 1.68. The van der Waals surface area contributed by atoms with Crippen molar-refractivity contribution in [3.8, 4) is 0 Å². The van der Waals surface area contributed by atoms with Crippen molar-refractivity contribution in [2.24, 2.45) is 0 Å². The largest absolute Gasteiger partial charge is 0.481 e. The molecular weight excluding hydrogens is 204 g/mol. The van der Waals surface area contributed by atoms with Crippen LogP contribution >= 0.6 is 0 Å². The van der Waals surface area contributed by atoms with Crippen LogP contribution in [0.3, 0.4) is 0 Å². The predicted molar refractivity (Wildman–Crippen MR) is 53.8 cm³/mol. The Kier molecular flexibility index (Phi) is 18.9. The summed E-state index contributed by atoms with van der Waals surface area (Å²) in [4.78, 5) is 28.1. The normalized spacial score (nSPS) is 7.40. The number of hydrogen-bond acceptors (Lipinski definition) is 3. The van der Waals surface area contributed by atoms with E-state index in [1.807, 2.05) is 0 Å². The molecular formula is C9H18O6. The molecule has 0 bridgehead atoms. The first-order valence-electron chi connectivity index (χ1n) is 4.47. The lowest BCUT2D eigenvalue weighted by molar-refractivity contribution is -0.137. The molecule has 0 atom stereocenters. The highest BCUT2D eigenvalue weighted by atomic mass is 16.4. The fourth-order valence-corrected chi connectivity index (χ4v) is 0. The average molecular weight is 222 g/mol. The lowest BCUT2D eigenvalue weighted by Crippen LogP contribution is -1.86. The number of carboxylic acids is 3. The van der Waals surface area contributed by atoms with Crippen LogP contribution in [-0.2, 0) is 14.4 Å². The van der Waals surface area contributed by atoms with Gasteiger partial charge in [0.25, 0.3) is 0 Å². The van der Waals surface area contributed by atoms with Gasteiger partial charge < -0.3 is 15.3 Å². The van der Waals surface area contributed by atoms with Crippen LogP contribution in [-0.4, -0.2) is 33.2 Å². The van der Waals surface area contributed by atoms with Crippen LogP contribution in [0.25, 0.3) is 0 Å². The van der Waals surface area contributed by atoms with Gasteiger partial charge in [0.15, 0.2) is 0 Å². The molecule has 0 aliphatic carbocycles. The quantitative estimate of drug-likeness (QED) is 0.666. The Labute approximate surface area is 88.5 Å². The number of aliphatic carboxylic acids is 3. The van der Waals surface area contributed by atoms with E-state index in [2.05, 4.69) is 0 Å². The Morgan fingerprint density at radius 3 is 0.733 bits per heavy atom. The maximum absolute atomic E-state index is 9.37. The molecule has 6 heteroatoms. The Balaban J connectivity index is -0.000000144. The number of rotatable bonds is 3. The zero-order valence-electron chi connectivity index (χ0n) is 9.19. The van der Waals surface area contributed by atoms with Crippen LogP contribution in [0.5, 0.6) is 0 Å². The molecule has 0 rings (SSSR count). The number of carboxylic acid groups (broad SMARTS) is 3. The molecule has 0 fully saturated rings. The summed E-state index contributed by atoms with van der Waals surface area (Å²) < 4.78 is 0. The first-order valence-corrected chi connectivity index (χ1v) is 4.47. The van der Waals surface area contributed by atoms with E-state index in [1.54, 1.807) is 20.8 Å². The second kappa shape index (κ2) is 14.9. The smallest absolute Gasteiger partial charge is 0.303 e. The van der Waals surface area contributed by atoms with E-state index in [9.17, 15) is 14.4 Å². The summed E-state index contributed by atoms with van der Waals surface area (Å²) in [6, 6.07) is 0.